The van der Waals surface area contributed by atoms with E-state index < -0.39 is 12.1 Å². The number of nitrogens with zero attached hydrogens (tertiary/aromatic N) is 2. The molecule has 1 atom stereocenters. The predicted octanol–water partition coefficient (Wildman–Crippen LogP) is 2.14. The molecule has 0 saturated carbocycles. The summed E-state index contributed by atoms with van der Waals surface area (Å²) in [5, 5.41) is 0. The second-order valence-corrected chi connectivity index (χ2v) is 2.37. The Hall–Kier alpha value is -1.13. The minimum atomic E-state index is -4.26. The SMILES string of the molecule is C[C@@H](c1ncccn1)C(F)(F)F. The molecular weight excluding hydrogens is 169 g/mol. The number of halogens is 3. The molecule has 0 aliphatic heterocycles. The van der Waals surface area contributed by atoms with Gasteiger partial charge in [0.05, 0.1) is 0 Å². The Morgan fingerprint density at radius 3 is 2.17 bits per heavy atom. The van der Waals surface area contributed by atoms with Gasteiger partial charge in [-0.2, -0.15) is 13.2 Å². The van der Waals surface area contributed by atoms with E-state index in [4.69, 9.17) is 0 Å². The molecule has 0 amide bonds. The van der Waals surface area contributed by atoms with E-state index in [1.165, 1.54) is 18.5 Å². The van der Waals surface area contributed by atoms with E-state index in [2.05, 4.69) is 9.97 Å². The average Bonchev–Trinajstić information content (AvgIpc) is 2.03. The van der Waals surface area contributed by atoms with Crippen molar-refractivity contribution in [1.29, 1.82) is 0 Å². The van der Waals surface area contributed by atoms with Crippen molar-refractivity contribution in [3.8, 4) is 0 Å². The lowest BCUT2D eigenvalue weighted by Crippen LogP contribution is -2.19. The number of hydrogen-bond acceptors (Lipinski definition) is 2. The molecule has 0 saturated heterocycles. The monoisotopic (exact) mass is 176 g/mol. The molecule has 0 aliphatic rings. The maximum atomic E-state index is 12.1. The lowest BCUT2D eigenvalue weighted by Gasteiger charge is -2.12. The highest BCUT2D eigenvalue weighted by Crippen LogP contribution is 2.31. The summed E-state index contributed by atoms with van der Waals surface area (Å²) in [6.45, 7) is 1.04. The number of aromatic nitrogens is 2. The van der Waals surface area contributed by atoms with Crippen LogP contribution in [0.2, 0.25) is 0 Å². The van der Waals surface area contributed by atoms with Crippen molar-refractivity contribution in [1.82, 2.24) is 9.97 Å². The van der Waals surface area contributed by atoms with Gasteiger partial charge in [0.15, 0.2) is 0 Å². The molecule has 1 heterocycles. The van der Waals surface area contributed by atoms with E-state index in [0.29, 0.717) is 0 Å². The highest BCUT2D eigenvalue weighted by atomic mass is 19.4. The molecule has 1 aromatic heterocycles. The third-order valence-corrected chi connectivity index (χ3v) is 1.46. The highest BCUT2D eigenvalue weighted by molar-refractivity contribution is 4.98. The summed E-state index contributed by atoms with van der Waals surface area (Å²) in [7, 11) is 0. The van der Waals surface area contributed by atoms with Crippen LogP contribution in [-0.4, -0.2) is 16.1 Å². The van der Waals surface area contributed by atoms with Crippen LogP contribution in [0.1, 0.15) is 18.7 Å². The van der Waals surface area contributed by atoms with Gasteiger partial charge < -0.3 is 0 Å². The van der Waals surface area contributed by atoms with Crippen LogP contribution >= 0.6 is 0 Å². The Morgan fingerprint density at radius 1 is 1.25 bits per heavy atom. The maximum Gasteiger partial charge on any atom is 0.398 e. The molecule has 1 rings (SSSR count). The Kier molecular flexibility index (Phi) is 2.30. The zero-order valence-corrected chi connectivity index (χ0v) is 6.34. The fourth-order valence-electron chi connectivity index (χ4n) is 0.681. The molecule has 0 unspecified atom stereocenters. The van der Waals surface area contributed by atoms with E-state index in [-0.39, 0.29) is 5.82 Å². The Balaban J connectivity index is 2.86. The van der Waals surface area contributed by atoms with Gasteiger partial charge in [0.1, 0.15) is 11.7 Å². The third kappa shape index (κ3) is 1.93. The summed E-state index contributed by atoms with van der Waals surface area (Å²) < 4.78 is 36.2. The van der Waals surface area contributed by atoms with Crippen LogP contribution in [0.3, 0.4) is 0 Å². The molecule has 5 heteroatoms. The van der Waals surface area contributed by atoms with Crippen molar-refractivity contribution in [3.63, 3.8) is 0 Å². The van der Waals surface area contributed by atoms with Gasteiger partial charge in [0.25, 0.3) is 0 Å². The van der Waals surface area contributed by atoms with Crippen molar-refractivity contribution in [2.75, 3.05) is 0 Å². The summed E-state index contributed by atoms with van der Waals surface area (Å²) in [6, 6.07) is 1.48. The van der Waals surface area contributed by atoms with Crippen molar-refractivity contribution >= 4 is 0 Å². The van der Waals surface area contributed by atoms with Crippen molar-refractivity contribution in [2.24, 2.45) is 0 Å². The molecule has 2 nitrogen and oxygen atoms in total. The molecule has 12 heavy (non-hydrogen) atoms. The molecule has 66 valence electrons. The van der Waals surface area contributed by atoms with Gasteiger partial charge in [-0.3, -0.25) is 0 Å². The number of rotatable bonds is 1. The van der Waals surface area contributed by atoms with Gasteiger partial charge in [-0.05, 0) is 13.0 Å². The fourth-order valence-corrected chi connectivity index (χ4v) is 0.681. The summed E-state index contributed by atoms with van der Waals surface area (Å²) in [5.74, 6) is -1.79. The minimum Gasteiger partial charge on any atom is -0.241 e. The molecule has 0 bridgehead atoms. The van der Waals surface area contributed by atoms with E-state index in [1.54, 1.807) is 0 Å². The zero-order chi connectivity index (χ0) is 9.19. The van der Waals surface area contributed by atoms with Gasteiger partial charge in [0, 0.05) is 12.4 Å². The first kappa shape index (κ1) is 8.96. The largest absolute Gasteiger partial charge is 0.398 e. The van der Waals surface area contributed by atoms with E-state index in [0.717, 1.165) is 6.92 Å². The molecule has 0 radical (unpaired) electrons. The van der Waals surface area contributed by atoms with Crippen LogP contribution in [0.5, 0.6) is 0 Å². The number of hydrogen-bond donors (Lipinski definition) is 0. The Morgan fingerprint density at radius 2 is 1.75 bits per heavy atom. The minimum absolute atomic E-state index is 0.190. The lowest BCUT2D eigenvalue weighted by molar-refractivity contribution is -0.147. The molecule has 0 fully saturated rings. The second kappa shape index (κ2) is 3.08. The van der Waals surface area contributed by atoms with Gasteiger partial charge in [-0.1, -0.05) is 0 Å². The molecule has 1 aromatic rings. The average molecular weight is 176 g/mol. The first-order chi connectivity index (χ1) is 5.52. The molecule has 0 N–H and O–H groups in total. The van der Waals surface area contributed by atoms with Gasteiger partial charge in [0.2, 0.25) is 0 Å². The predicted molar refractivity (Wildman–Crippen MR) is 36.5 cm³/mol. The van der Waals surface area contributed by atoms with Gasteiger partial charge in [-0.25, -0.2) is 9.97 Å². The van der Waals surface area contributed by atoms with Crippen molar-refractivity contribution in [2.45, 2.75) is 19.0 Å². The number of alkyl halides is 3. The second-order valence-electron chi connectivity index (χ2n) is 2.37. The molecule has 0 spiro atoms. The summed E-state index contributed by atoms with van der Waals surface area (Å²) in [4.78, 5) is 7.03. The molecule has 0 aromatic carbocycles. The van der Waals surface area contributed by atoms with Crippen LogP contribution in [-0.2, 0) is 0 Å². The van der Waals surface area contributed by atoms with Crippen LogP contribution in [0.25, 0.3) is 0 Å². The van der Waals surface area contributed by atoms with Crippen molar-refractivity contribution in [3.05, 3.63) is 24.3 Å². The van der Waals surface area contributed by atoms with Crippen LogP contribution in [0.15, 0.2) is 18.5 Å². The van der Waals surface area contributed by atoms with Crippen LogP contribution in [0, 0.1) is 0 Å². The van der Waals surface area contributed by atoms with Crippen molar-refractivity contribution < 1.29 is 13.2 Å². The molecular formula is C7H7F3N2. The van der Waals surface area contributed by atoms with Gasteiger partial charge in [-0.15, -0.1) is 0 Å². The fraction of sp³-hybridized carbons (Fsp3) is 0.429. The van der Waals surface area contributed by atoms with Crippen LogP contribution in [0.4, 0.5) is 13.2 Å². The quantitative estimate of drug-likeness (QED) is 0.655. The summed E-state index contributed by atoms with van der Waals surface area (Å²) in [6.07, 6.45) is -1.67. The lowest BCUT2D eigenvalue weighted by atomic mass is 10.1. The standard InChI is InChI=1S/C7H7F3N2/c1-5(7(8,9)10)6-11-3-2-4-12-6/h2-5H,1H3/t5-/m0/s1. The third-order valence-electron chi connectivity index (χ3n) is 1.46. The summed E-state index contributed by atoms with van der Waals surface area (Å²) in [5.41, 5.74) is 0. The maximum absolute atomic E-state index is 12.1. The first-order valence-electron chi connectivity index (χ1n) is 3.35. The topological polar surface area (TPSA) is 25.8 Å². The van der Waals surface area contributed by atoms with E-state index in [9.17, 15) is 13.2 Å². The summed E-state index contributed by atoms with van der Waals surface area (Å²) >= 11 is 0. The Labute approximate surface area is 67.5 Å². The van der Waals surface area contributed by atoms with E-state index >= 15 is 0 Å². The van der Waals surface area contributed by atoms with Gasteiger partial charge >= 0.3 is 6.18 Å². The smallest absolute Gasteiger partial charge is 0.241 e. The Bertz CT molecular complexity index is 245. The van der Waals surface area contributed by atoms with E-state index in [1.807, 2.05) is 0 Å². The highest BCUT2D eigenvalue weighted by Gasteiger charge is 2.38. The van der Waals surface area contributed by atoms with Crippen LogP contribution < -0.4 is 0 Å². The zero-order valence-electron chi connectivity index (χ0n) is 6.34. The normalized spacial score (nSPS) is 14.3. The first-order valence-corrected chi connectivity index (χ1v) is 3.35. The molecule has 0 aliphatic carbocycles.